The SMILES string of the molecule is CCCC(N)c1cccc(C(F)F)c1. The highest BCUT2D eigenvalue weighted by atomic mass is 19.3. The van der Waals surface area contributed by atoms with Gasteiger partial charge in [-0.05, 0) is 18.1 Å². The molecule has 14 heavy (non-hydrogen) atoms. The van der Waals surface area contributed by atoms with E-state index >= 15 is 0 Å². The standard InChI is InChI=1S/C11H15F2N/c1-2-4-10(14)8-5-3-6-9(7-8)11(12)13/h3,5-7,10-11H,2,4,14H2,1H3. The molecule has 0 saturated heterocycles. The van der Waals surface area contributed by atoms with Crippen LogP contribution in [-0.4, -0.2) is 0 Å². The Balaban J connectivity index is 2.82. The number of hydrogen-bond donors (Lipinski definition) is 1. The molecule has 2 N–H and O–H groups in total. The van der Waals surface area contributed by atoms with E-state index in [4.69, 9.17) is 5.73 Å². The Hall–Kier alpha value is -0.960. The van der Waals surface area contributed by atoms with Crippen LogP contribution in [0.5, 0.6) is 0 Å². The van der Waals surface area contributed by atoms with Gasteiger partial charge in [0.25, 0.3) is 6.43 Å². The van der Waals surface area contributed by atoms with Gasteiger partial charge in [0.15, 0.2) is 0 Å². The normalized spacial score (nSPS) is 13.2. The number of rotatable bonds is 4. The fraction of sp³-hybridized carbons (Fsp3) is 0.455. The molecule has 0 aliphatic rings. The average Bonchev–Trinajstić information content (AvgIpc) is 2.18. The number of hydrogen-bond acceptors (Lipinski definition) is 1. The van der Waals surface area contributed by atoms with Gasteiger partial charge in [0.05, 0.1) is 0 Å². The quantitative estimate of drug-likeness (QED) is 0.789. The molecule has 0 amide bonds. The lowest BCUT2D eigenvalue weighted by atomic mass is 10.0. The Labute approximate surface area is 82.9 Å². The van der Waals surface area contributed by atoms with Crippen molar-refractivity contribution in [3.8, 4) is 0 Å². The number of alkyl halides is 2. The minimum absolute atomic E-state index is 0.0500. The zero-order valence-electron chi connectivity index (χ0n) is 8.21. The first kappa shape index (κ1) is 11.1. The number of nitrogens with two attached hydrogens (primary N) is 1. The number of benzene rings is 1. The van der Waals surface area contributed by atoms with Crippen LogP contribution in [0.4, 0.5) is 8.78 Å². The van der Waals surface area contributed by atoms with Gasteiger partial charge in [0, 0.05) is 11.6 Å². The van der Waals surface area contributed by atoms with Crippen LogP contribution in [0.15, 0.2) is 24.3 Å². The van der Waals surface area contributed by atoms with Gasteiger partial charge in [-0.15, -0.1) is 0 Å². The molecule has 0 saturated carbocycles. The van der Waals surface area contributed by atoms with Crippen molar-refractivity contribution >= 4 is 0 Å². The first-order valence-corrected chi connectivity index (χ1v) is 4.78. The molecule has 0 fully saturated rings. The van der Waals surface area contributed by atoms with Gasteiger partial charge in [-0.3, -0.25) is 0 Å². The van der Waals surface area contributed by atoms with Crippen LogP contribution < -0.4 is 5.73 Å². The van der Waals surface area contributed by atoms with Crippen molar-refractivity contribution in [2.24, 2.45) is 5.73 Å². The van der Waals surface area contributed by atoms with Crippen molar-refractivity contribution in [2.75, 3.05) is 0 Å². The molecule has 78 valence electrons. The van der Waals surface area contributed by atoms with Crippen molar-refractivity contribution < 1.29 is 8.78 Å². The molecule has 1 atom stereocenters. The van der Waals surface area contributed by atoms with E-state index in [-0.39, 0.29) is 11.6 Å². The van der Waals surface area contributed by atoms with Gasteiger partial charge >= 0.3 is 0 Å². The largest absolute Gasteiger partial charge is 0.324 e. The van der Waals surface area contributed by atoms with Crippen LogP contribution in [0.1, 0.15) is 43.4 Å². The Kier molecular flexibility index (Phi) is 4.01. The second-order valence-electron chi connectivity index (χ2n) is 3.37. The van der Waals surface area contributed by atoms with Crippen molar-refractivity contribution in [1.82, 2.24) is 0 Å². The maximum atomic E-state index is 12.4. The van der Waals surface area contributed by atoms with E-state index < -0.39 is 6.43 Å². The molecule has 1 unspecified atom stereocenters. The molecular weight excluding hydrogens is 184 g/mol. The highest BCUT2D eigenvalue weighted by Gasteiger charge is 2.10. The summed E-state index contributed by atoms with van der Waals surface area (Å²) < 4.78 is 24.7. The second kappa shape index (κ2) is 5.05. The lowest BCUT2D eigenvalue weighted by Gasteiger charge is -2.11. The Morgan fingerprint density at radius 3 is 2.50 bits per heavy atom. The van der Waals surface area contributed by atoms with E-state index in [1.807, 2.05) is 6.92 Å². The molecule has 0 aliphatic heterocycles. The van der Waals surface area contributed by atoms with Gasteiger partial charge in [0.2, 0.25) is 0 Å². The van der Waals surface area contributed by atoms with Crippen LogP contribution >= 0.6 is 0 Å². The Morgan fingerprint density at radius 2 is 1.93 bits per heavy atom. The van der Waals surface area contributed by atoms with E-state index in [2.05, 4.69) is 0 Å². The van der Waals surface area contributed by atoms with Crippen LogP contribution in [-0.2, 0) is 0 Å². The van der Waals surface area contributed by atoms with Crippen LogP contribution in [0.25, 0.3) is 0 Å². The summed E-state index contributed by atoms with van der Waals surface area (Å²) in [4.78, 5) is 0. The van der Waals surface area contributed by atoms with Crippen molar-refractivity contribution in [3.05, 3.63) is 35.4 Å². The molecular formula is C11H15F2N. The van der Waals surface area contributed by atoms with Crippen LogP contribution in [0.3, 0.4) is 0 Å². The molecule has 0 radical (unpaired) electrons. The lowest BCUT2D eigenvalue weighted by molar-refractivity contribution is 0.151. The third kappa shape index (κ3) is 2.77. The minimum atomic E-state index is -2.41. The summed E-state index contributed by atoms with van der Waals surface area (Å²) >= 11 is 0. The monoisotopic (exact) mass is 199 g/mol. The molecule has 1 rings (SSSR count). The highest BCUT2D eigenvalue weighted by Crippen LogP contribution is 2.23. The Bertz CT molecular complexity index is 286. The Morgan fingerprint density at radius 1 is 1.29 bits per heavy atom. The topological polar surface area (TPSA) is 26.0 Å². The van der Waals surface area contributed by atoms with E-state index in [0.29, 0.717) is 0 Å². The summed E-state index contributed by atoms with van der Waals surface area (Å²) in [5.41, 5.74) is 6.68. The number of halogens is 2. The molecule has 0 aromatic heterocycles. The van der Waals surface area contributed by atoms with Crippen LogP contribution in [0.2, 0.25) is 0 Å². The van der Waals surface area contributed by atoms with E-state index in [1.165, 1.54) is 12.1 Å². The first-order chi connectivity index (χ1) is 6.65. The second-order valence-corrected chi connectivity index (χ2v) is 3.37. The smallest absolute Gasteiger partial charge is 0.263 e. The summed E-state index contributed by atoms with van der Waals surface area (Å²) in [6.07, 6.45) is -0.629. The van der Waals surface area contributed by atoms with E-state index in [9.17, 15) is 8.78 Å². The molecule has 0 heterocycles. The molecule has 1 aromatic rings. The molecule has 0 aliphatic carbocycles. The third-order valence-electron chi connectivity index (χ3n) is 2.19. The first-order valence-electron chi connectivity index (χ1n) is 4.78. The van der Waals surface area contributed by atoms with Crippen LogP contribution in [0, 0.1) is 0 Å². The summed E-state index contributed by atoms with van der Waals surface area (Å²) in [5, 5.41) is 0. The van der Waals surface area contributed by atoms with Crippen molar-refractivity contribution in [1.29, 1.82) is 0 Å². The lowest BCUT2D eigenvalue weighted by Crippen LogP contribution is -2.09. The van der Waals surface area contributed by atoms with E-state index in [0.717, 1.165) is 18.4 Å². The molecule has 1 nitrogen and oxygen atoms in total. The van der Waals surface area contributed by atoms with Gasteiger partial charge in [-0.2, -0.15) is 0 Å². The summed E-state index contributed by atoms with van der Waals surface area (Å²) in [6.45, 7) is 2.02. The maximum absolute atomic E-state index is 12.4. The summed E-state index contributed by atoms with van der Waals surface area (Å²) in [6, 6.07) is 6.22. The van der Waals surface area contributed by atoms with Gasteiger partial charge in [0.1, 0.15) is 0 Å². The zero-order chi connectivity index (χ0) is 10.6. The van der Waals surface area contributed by atoms with Crippen molar-refractivity contribution in [3.63, 3.8) is 0 Å². The van der Waals surface area contributed by atoms with Gasteiger partial charge in [-0.25, -0.2) is 8.78 Å². The predicted octanol–water partition coefficient (Wildman–Crippen LogP) is 3.42. The summed E-state index contributed by atoms with van der Waals surface area (Å²) in [5.74, 6) is 0. The molecule has 0 bridgehead atoms. The average molecular weight is 199 g/mol. The highest BCUT2D eigenvalue weighted by molar-refractivity contribution is 5.26. The fourth-order valence-corrected chi connectivity index (χ4v) is 1.40. The molecule has 1 aromatic carbocycles. The zero-order valence-corrected chi connectivity index (χ0v) is 8.21. The predicted molar refractivity (Wildman–Crippen MR) is 53.2 cm³/mol. The van der Waals surface area contributed by atoms with Gasteiger partial charge < -0.3 is 5.73 Å². The van der Waals surface area contributed by atoms with Crippen molar-refractivity contribution in [2.45, 2.75) is 32.2 Å². The van der Waals surface area contributed by atoms with Gasteiger partial charge in [-0.1, -0.05) is 31.5 Å². The molecule has 3 heteroatoms. The minimum Gasteiger partial charge on any atom is -0.324 e. The fourth-order valence-electron chi connectivity index (χ4n) is 1.40. The maximum Gasteiger partial charge on any atom is 0.263 e. The summed E-state index contributed by atoms with van der Waals surface area (Å²) in [7, 11) is 0. The molecule has 0 spiro atoms. The van der Waals surface area contributed by atoms with E-state index in [1.54, 1.807) is 12.1 Å². The third-order valence-corrected chi connectivity index (χ3v) is 2.19.